The zero-order chi connectivity index (χ0) is 18.8. The number of aromatic nitrogens is 1. The Labute approximate surface area is 155 Å². The Morgan fingerprint density at radius 1 is 1.04 bits per heavy atom. The highest BCUT2D eigenvalue weighted by Crippen LogP contribution is 2.32. The molecule has 27 heavy (non-hydrogen) atoms. The lowest BCUT2D eigenvalue weighted by molar-refractivity contribution is 0.0725. The number of carbonyl (C=O) groups is 1. The van der Waals surface area contributed by atoms with E-state index >= 15 is 0 Å². The molecule has 1 saturated heterocycles. The first-order valence-electron chi connectivity index (χ1n) is 9.02. The van der Waals surface area contributed by atoms with Gasteiger partial charge in [0, 0.05) is 24.7 Å². The number of fused-ring (bicyclic) bond motifs is 1. The molecule has 3 aromatic rings. The van der Waals surface area contributed by atoms with Crippen LogP contribution < -0.4 is 5.32 Å². The quantitative estimate of drug-likeness (QED) is 0.717. The van der Waals surface area contributed by atoms with Crippen molar-refractivity contribution in [3.05, 3.63) is 65.9 Å². The second-order valence-corrected chi connectivity index (χ2v) is 6.67. The molecule has 0 atom stereocenters. The molecular formula is C21H19F2N3O. The predicted octanol–water partition coefficient (Wildman–Crippen LogP) is 4.88. The fourth-order valence-electron chi connectivity index (χ4n) is 3.43. The Morgan fingerprint density at radius 2 is 1.81 bits per heavy atom. The maximum Gasteiger partial charge on any atom is 0.257 e. The fourth-order valence-corrected chi connectivity index (χ4v) is 3.43. The van der Waals surface area contributed by atoms with Gasteiger partial charge in [-0.25, -0.2) is 8.78 Å². The number of hydrogen-bond acceptors (Lipinski definition) is 3. The number of piperidine rings is 1. The zero-order valence-electron chi connectivity index (χ0n) is 14.7. The number of nitrogens with one attached hydrogen (secondary N) is 1. The number of rotatable bonds is 3. The fraction of sp³-hybridized carbons (Fsp3) is 0.238. The van der Waals surface area contributed by atoms with Crippen LogP contribution in [0, 0.1) is 11.6 Å². The minimum atomic E-state index is -0.449. The van der Waals surface area contributed by atoms with Gasteiger partial charge in [0.05, 0.1) is 22.5 Å². The Morgan fingerprint density at radius 3 is 2.59 bits per heavy atom. The smallest absolute Gasteiger partial charge is 0.257 e. The van der Waals surface area contributed by atoms with E-state index in [2.05, 4.69) is 10.3 Å². The molecule has 0 aliphatic carbocycles. The SMILES string of the molecule is O=C(c1cnc2ccc(F)cc2c1Nc1ccccc1F)N1CCCCC1. The molecule has 1 N–H and O–H groups in total. The molecule has 4 nitrogen and oxygen atoms in total. The summed E-state index contributed by atoms with van der Waals surface area (Å²) in [5.41, 5.74) is 1.45. The van der Waals surface area contributed by atoms with Crippen molar-refractivity contribution in [1.29, 1.82) is 0 Å². The van der Waals surface area contributed by atoms with E-state index in [1.54, 1.807) is 29.2 Å². The van der Waals surface area contributed by atoms with E-state index in [1.807, 2.05) is 0 Å². The average Bonchev–Trinajstić information content (AvgIpc) is 2.70. The Hall–Kier alpha value is -3.02. The molecule has 0 spiro atoms. The summed E-state index contributed by atoms with van der Waals surface area (Å²) in [7, 11) is 0. The van der Waals surface area contributed by atoms with Crippen LogP contribution >= 0.6 is 0 Å². The molecule has 0 saturated carbocycles. The number of hydrogen-bond donors (Lipinski definition) is 1. The number of para-hydroxylation sites is 1. The van der Waals surface area contributed by atoms with Gasteiger partial charge in [0.2, 0.25) is 0 Å². The van der Waals surface area contributed by atoms with E-state index in [-0.39, 0.29) is 11.6 Å². The Balaban J connectivity index is 1.85. The molecule has 1 aromatic heterocycles. The lowest BCUT2D eigenvalue weighted by Crippen LogP contribution is -2.36. The van der Waals surface area contributed by atoms with E-state index < -0.39 is 11.6 Å². The van der Waals surface area contributed by atoms with Crippen molar-refractivity contribution in [2.24, 2.45) is 0 Å². The van der Waals surface area contributed by atoms with Gasteiger partial charge in [0.1, 0.15) is 11.6 Å². The summed E-state index contributed by atoms with van der Waals surface area (Å²) in [5.74, 6) is -1.06. The highest BCUT2D eigenvalue weighted by atomic mass is 19.1. The number of halogens is 2. The minimum absolute atomic E-state index is 0.174. The monoisotopic (exact) mass is 367 g/mol. The molecule has 2 heterocycles. The number of carbonyl (C=O) groups excluding carboxylic acids is 1. The molecule has 1 aliphatic heterocycles. The molecular weight excluding hydrogens is 348 g/mol. The second-order valence-electron chi connectivity index (χ2n) is 6.67. The van der Waals surface area contributed by atoms with Crippen LogP contribution in [0.25, 0.3) is 10.9 Å². The third-order valence-corrected chi connectivity index (χ3v) is 4.84. The van der Waals surface area contributed by atoms with Crippen LogP contribution in [0.15, 0.2) is 48.7 Å². The average molecular weight is 367 g/mol. The van der Waals surface area contributed by atoms with E-state index in [0.29, 0.717) is 35.2 Å². The first-order valence-corrected chi connectivity index (χ1v) is 9.02. The number of anilines is 2. The summed E-state index contributed by atoms with van der Waals surface area (Å²) in [6, 6.07) is 10.4. The molecule has 0 bridgehead atoms. The van der Waals surface area contributed by atoms with E-state index in [4.69, 9.17) is 0 Å². The molecule has 2 aromatic carbocycles. The topological polar surface area (TPSA) is 45.2 Å². The summed E-state index contributed by atoms with van der Waals surface area (Å²) >= 11 is 0. The van der Waals surface area contributed by atoms with Gasteiger partial charge in [-0.1, -0.05) is 12.1 Å². The van der Waals surface area contributed by atoms with Crippen LogP contribution in [0.5, 0.6) is 0 Å². The summed E-state index contributed by atoms with van der Waals surface area (Å²) < 4.78 is 28.1. The van der Waals surface area contributed by atoms with Crippen molar-refractivity contribution < 1.29 is 13.6 Å². The van der Waals surface area contributed by atoms with Crippen molar-refractivity contribution in [1.82, 2.24) is 9.88 Å². The van der Waals surface area contributed by atoms with Crippen molar-refractivity contribution in [3.8, 4) is 0 Å². The number of pyridine rings is 1. The third kappa shape index (κ3) is 3.47. The standard InChI is InChI=1S/C21H19F2N3O/c22-14-8-9-18-15(12-14)20(25-19-7-3-2-6-17(19)23)16(13-24-18)21(27)26-10-4-1-5-11-26/h2-3,6-9,12-13H,1,4-5,10-11H2,(H,24,25). The lowest BCUT2D eigenvalue weighted by Gasteiger charge is -2.27. The predicted molar refractivity (Wildman–Crippen MR) is 101 cm³/mol. The molecule has 1 aliphatic rings. The molecule has 138 valence electrons. The summed E-state index contributed by atoms with van der Waals surface area (Å²) in [5, 5.41) is 3.45. The maximum atomic E-state index is 14.2. The van der Waals surface area contributed by atoms with Crippen LogP contribution in [0.2, 0.25) is 0 Å². The molecule has 1 fully saturated rings. The van der Waals surface area contributed by atoms with Gasteiger partial charge in [-0.05, 0) is 49.6 Å². The van der Waals surface area contributed by atoms with Gasteiger partial charge >= 0.3 is 0 Å². The summed E-state index contributed by atoms with van der Waals surface area (Å²) in [6.45, 7) is 1.36. The maximum absolute atomic E-state index is 14.2. The molecule has 1 amide bonds. The van der Waals surface area contributed by atoms with Crippen molar-refractivity contribution in [2.75, 3.05) is 18.4 Å². The molecule has 4 rings (SSSR count). The molecule has 0 unspecified atom stereocenters. The Kier molecular flexibility index (Phi) is 4.71. The van der Waals surface area contributed by atoms with Crippen LogP contribution in [0.3, 0.4) is 0 Å². The summed E-state index contributed by atoms with van der Waals surface area (Å²) in [4.78, 5) is 19.2. The number of benzene rings is 2. The van der Waals surface area contributed by atoms with Gasteiger partial charge in [-0.2, -0.15) is 0 Å². The molecule has 0 radical (unpaired) electrons. The van der Waals surface area contributed by atoms with Gasteiger partial charge in [0.25, 0.3) is 5.91 Å². The van der Waals surface area contributed by atoms with E-state index in [0.717, 1.165) is 19.3 Å². The Bertz CT molecular complexity index is 1000. The summed E-state index contributed by atoms with van der Waals surface area (Å²) in [6.07, 6.45) is 4.50. The van der Waals surface area contributed by atoms with Gasteiger partial charge in [-0.15, -0.1) is 0 Å². The lowest BCUT2D eigenvalue weighted by atomic mass is 10.1. The van der Waals surface area contributed by atoms with Gasteiger partial charge in [-0.3, -0.25) is 9.78 Å². The van der Waals surface area contributed by atoms with Crippen LogP contribution in [0.4, 0.5) is 20.2 Å². The number of nitrogens with zero attached hydrogens (tertiary/aromatic N) is 2. The highest BCUT2D eigenvalue weighted by molar-refractivity contribution is 6.08. The van der Waals surface area contributed by atoms with Gasteiger partial charge in [0.15, 0.2) is 0 Å². The molecule has 6 heteroatoms. The highest BCUT2D eigenvalue weighted by Gasteiger charge is 2.23. The van der Waals surface area contributed by atoms with Gasteiger partial charge < -0.3 is 10.2 Å². The number of amides is 1. The van der Waals surface area contributed by atoms with E-state index in [1.165, 1.54) is 24.4 Å². The first-order chi connectivity index (χ1) is 13.1. The van der Waals surface area contributed by atoms with Crippen molar-refractivity contribution >= 4 is 28.2 Å². The third-order valence-electron chi connectivity index (χ3n) is 4.84. The van der Waals surface area contributed by atoms with Crippen LogP contribution in [0.1, 0.15) is 29.6 Å². The van der Waals surface area contributed by atoms with E-state index in [9.17, 15) is 13.6 Å². The zero-order valence-corrected chi connectivity index (χ0v) is 14.7. The van der Waals surface area contributed by atoms with Crippen LogP contribution in [-0.2, 0) is 0 Å². The van der Waals surface area contributed by atoms with Crippen molar-refractivity contribution in [2.45, 2.75) is 19.3 Å². The second kappa shape index (κ2) is 7.31. The minimum Gasteiger partial charge on any atom is -0.352 e. The van der Waals surface area contributed by atoms with Crippen LogP contribution in [-0.4, -0.2) is 28.9 Å². The number of likely N-dealkylation sites (tertiary alicyclic amines) is 1. The largest absolute Gasteiger partial charge is 0.352 e. The normalized spacial score (nSPS) is 14.4. The van der Waals surface area contributed by atoms with Crippen molar-refractivity contribution in [3.63, 3.8) is 0 Å². The first kappa shape index (κ1) is 17.4.